The number of halogens is 1. The Balaban J connectivity index is 1.46. The molecule has 0 bridgehead atoms. The van der Waals surface area contributed by atoms with Crippen LogP contribution < -0.4 is 15.1 Å². The van der Waals surface area contributed by atoms with E-state index in [1.807, 2.05) is 19.1 Å². The highest BCUT2D eigenvalue weighted by Gasteiger charge is 2.20. The van der Waals surface area contributed by atoms with E-state index in [4.69, 9.17) is 0 Å². The molecule has 1 fully saturated rings. The van der Waals surface area contributed by atoms with Crippen LogP contribution in [0.15, 0.2) is 48.8 Å². The summed E-state index contributed by atoms with van der Waals surface area (Å²) in [4.78, 5) is 22.1. The quantitative estimate of drug-likeness (QED) is 0.762. The van der Waals surface area contributed by atoms with Gasteiger partial charge in [0, 0.05) is 56.0 Å². The fourth-order valence-corrected chi connectivity index (χ4v) is 3.02. The van der Waals surface area contributed by atoms with E-state index < -0.39 is 0 Å². The van der Waals surface area contributed by atoms with E-state index in [1.165, 1.54) is 12.1 Å². The number of aromatic nitrogens is 4. The van der Waals surface area contributed by atoms with Crippen LogP contribution in [0.1, 0.15) is 5.69 Å². The van der Waals surface area contributed by atoms with Gasteiger partial charge in [-0.3, -0.25) is 0 Å². The van der Waals surface area contributed by atoms with Crippen LogP contribution in [0.3, 0.4) is 0 Å². The molecule has 1 aliphatic heterocycles. The first-order valence-electron chi connectivity index (χ1n) is 8.82. The molecule has 138 valence electrons. The third-order valence-electron chi connectivity index (χ3n) is 4.38. The largest absolute Gasteiger partial charge is 0.353 e. The summed E-state index contributed by atoms with van der Waals surface area (Å²) in [6.07, 6.45) is 3.52. The van der Waals surface area contributed by atoms with E-state index in [9.17, 15) is 4.39 Å². The van der Waals surface area contributed by atoms with Crippen molar-refractivity contribution in [1.29, 1.82) is 0 Å². The average molecular weight is 365 g/mol. The first-order chi connectivity index (χ1) is 13.2. The Morgan fingerprint density at radius 2 is 1.59 bits per heavy atom. The standard InChI is InChI=1S/C19H20FN7/c1-14-13-17(25-18(23-14)24-16-5-3-15(20)4-6-16)26-9-11-27(12-10-26)19-21-7-2-8-22-19/h2-8,13H,9-12H2,1H3,(H,23,24,25). The van der Waals surface area contributed by atoms with Gasteiger partial charge in [-0.1, -0.05) is 0 Å². The Hall–Kier alpha value is -3.29. The second-order valence-electron chi connectivity index (χ2n) is 6.35. The van der Waals surface area contributed by atoms with Gasteiger partial charge in [0.2, 0.25) is 11.9 Å². The van der Waals surface area contributed by atoms with Gasteiger partial charge in [0.1, 0.15) is 11.6 Å². The van der Waals surface area contributed by atoms with Gasteiger partial charge in [0.25, 0.3) is 0 Å². The van der Waals surface area contributed by atoms with Gasteiger partial charge in [0.05, 0.1) is 0 Å². The number of aryl methyl sites for hydroxylation is 1. The molecule has 1 aliphatic rings. The van der Waals surface area contributed by atoms with Crippen molar-refractivity contribution in [1.82, 2.24) is 19.9 Å². The molecule has 3 heterocycles. The number of piperazine rings is 1. The lowest BCUT2D eigenvalue weighted by atomic mass is 10.3. The van der Waals surface area contributed by atoms with Gasteiger partial charge in [-0.05, 0) is 37.3 Å². The lowest BCUT2D eigenvalue weighted by Gasteiger charge is -2.35. The van der Waals surface area contributed by atoms with Gasteiger partial charge in [-0.25, -0.2) is 19.3 Å². The highest BCUT2D eigenvalue weighted by molar-refractivity contribution is 5.56. The molecule has 3 aromatic rings. The monoisotopic (exact) mass is 365 g/mol. The minimum Gasteiger partial charge on any atom is -0.353 e. The second-order valence-corrected chi connectivity index (χ2v) is 6.35. The van der Waals surface area contributed by atoms with Crippen molar-refractivity contribution in [3.63, 3.8) is 0 Å². The lowest BCUT2D eigenvalue weighted by Crippen LogP contribution is -2.47. The van der Waals surface area contributed by atoms with Crippen LogP contribution in [0.4, 0.5) is 27.8 Å². The molecule has 27 heavy (non-hydrogen) atoms. The fraction of sp³-hybridized carbons (Fsp3) is 0.263. The smallest absolute Gasteiger partial charge is 0.229 e. The predicted molar refractivity (Wildman–Crippen MR) is 103 cm³/mol. The summed E-state index contributed by atoms with van der Waals surface area (Å²) in [5, 5.41) is 3.14. The van der Waals surface area contributed by atoms with Crippen molar-refractivity contribution < 1.29 is 4.39 Å². The molecule has 7 nitrogen and oxygen atoms in total. The van der Waals surface area contributed by atoms with Crippen molar-refractivity contribution in [2.45, 2.75) is 6.92 Å². The SMILES string of the molecule is Cc1cc(N2CCN(c3ncccn3)CC2)nc(Nc2ccc(F)cc2)n1. The highest BCUT2D eigenvalue weighted by Crippen LogP contribution is 2.20. The maximum Gasteiger partial charge on any atom is 0.229 e. The molecule has 0 radical (unpaired) electrons. The van der Waals surface area contributed by atoms with E-state index in [-0.39, 0.29) is 5.82 Å². The van der Waals surface area contributed by atoms with Crippen LogP contribution in [-0.2, 0) is 0 Å². The summed E-state index contributed by atoms with van der Waals surface area (Å²) in [7, 11) is 0. The second kappa shape index (κ2) is 7.53. The normalized spacial score (nSPS) is 14.3. The van der Waals surface area contributed by atoms with Crippen molar-refractivity contribution >= 4 is 23.4 Å². The van der Waals surface area contributed by atoms with Crippen LogP contribution in [0.25, 0.3) is 0 Å². The molecule has 1 aromatic carbocycles. The third kappa shape index (κ3) is 4.11. The number of nitrogens with one attached hydrogen (secondary N) is 1. The number of anilines is 4. The van der Waals surface area contributed by atoms with Crippen molar-refractivity contribution in [2.75, 3.05) is 41.3 Å². The molecule has 0 atom stereocenters. The number of benzene rings is 1. The molecule has 0 aliphatic carbocycles. The van der Waals surface area contributed by atoms with E-state index in [0.29, 0.717) is 5.95 Å². The lowest BCUT2D eigenvalue weighted by molar-refractivity contribution is 0.628. The van der Waals surface area contributed by atoms with Gasteiger partial charge in [0.15, 0.2) is 0 Å². The number of nitrogens with zero attached hydrogens (tertiary/aromatic N) is 6. The minimum absolute atomic E-state index is 0.272. The Kier molecular flexibility index (Phi) is 4.78. The van der Waals surface area contributed by atoms with E-state index in [1.54, 1.807) is 24.5 Å². The average Bonchev–Trinajstić information content (AvgIpc) is 2.70. The highest BCUT2D eigenvalue weighted by atomic mass is 19.1. The van der Waals surface area contributed by atoms with Crippen molar-refractivity contribution in [3.05, 3.63) is 60.3 Å². The maximum absolute atomic E-state index is 13.1. The topological polar surface area (TPSA) is 70.1 Å². The number of hydrogen-bond acceptors (Lipinski definition) is 7. The molecule has 1 N–H and O–H groups in total. The van der Waals surface area contributed by atoms with Crippen LogP contribution in [0.2, 0.25) is 0 Å². The van der Waals surface area contributed by atoms with Gasteiger partial charge in [-0.15, -0.1) is 0 Å². The van der Waals surface area contributed by atoms with Crippen molar-refractivity contribution in [2.24, 2.45) is 0 Å². The van der Waals surface area contributed by atoms with Crippen molar-refractivity contribution in [3.8, 4) is 0 Å². The summed E-state index contributed by atoms with van der Waals surface area (Å²) in [5.74, 6) is 1.87. The van der Waals surface area contributed by atoms with Gasteiger partial charge < -0.3 is 15.1 Å². The number of hydrogen-bond donors (Lipinski definition) is 1. The Morgan fingerprint density at radius 1 is 0.926 bits per heavy atom. The Morgan fingerprint density at radius 3 is 2.30 bits per heavy atom. The van der Waals surface area contributed by atoms with E-state index in [0.717, 1.165) is 49.3 Å². The first kappa shape index (κ1) is 17.1. The summed E-state index contributed by atoms with van der Waals surface area (Å²) in [5.41, 5.74) is 1.62. The van der Waals surface area contributed by atoms with Crippen LogP contribution >= 0.6 is 0 Å². The summed E-state index contributed by atoms with van der Waals surface area (Å²) >= 11 is 0. The summed E-state index contributed by atoms with van der Waals surface area (Å²) < 4.78 is 13.1. The Bertz CT molecular complexity index is 894. The number of rotatable bonds is 4. The third-order valence-corrected chi connectivity index (χ3v) is 4.38. The van der Waals surface area contributed by atoms with Crippen LogP contribution in [-0.4, -0.2) is 46.1 Å². The zero-order valence-corrected chi connectivity index (χ0v) is 15.0. The fourth-order valence-electron chi connectivity index (χ4n) is 3.02. The zero-order chi connectivity index (χ0) is 18.6. The van der Waals surface area contributed by atoms with E-state index in [2.05, 4.69) is 35.1 Å². The molecule has 1 saturated heterocycles. The first-order valence-corrected chi connectivity index (χ1v) is 8.82. The molecule has 8 heteroatoms. The zero-order valence-electron chi connectivity index (χ0n) is 15.0. The van der Waals surface area contributed by atoms with Gasteiger partial charge in [-0.2, -0.15) is 4.98 Å². The molecule has 4 rings (SSSR count). The summed E-state index contributed by atoms with van der Waals surface area (Å²) in [6, 6.07) is 9.94. The Labute approximate surface area is 156 Å². The molecular formula is C19H20FN7. The molecule has 2 aromatic heterocycles. The van der Waals surface area contributed by atoms with Crippen LogP contribution in [0.5, 0.6) is 0 Å². The maximum atomic E-state index is 13.1. The molecule has 0 amide bonds. The molecule has 0 spiro atoms. The summed E-state index contributed by atoms with van der Waals surface area (Å²) in [6.45, 7) is 5.24. The molecule has 0 unspecified atom stereocenters. The van der Waals surface area contributed by atoms with E-state index >= 15 is 0 Å². The molecular weight excluding hydrogens is 345 g/mol. The predicted octanol–water partition coefficient (Wildman–Crippen LogP) is 2.78. The minimum atomic E-state index is -0.272. The van der Waals surface area contributed by atoms with Crippen LogP contribution in [0, 0.1) is 12.7 Å². The molecule has 0 saturated carbocycles. The van der Waals surface area contributed by atoms with Gasteiger partial charge >= 0.3 is 0 Å².